The van der Waals surface area contributed by atoms with Crippen molar-refractivity contribution in [3.8, 4) is 0 Å². The first-order chi connectivity index (χ1) is 38.0. The Bertz CT molecular complexity index is 1540. The van der Waals surface area contributed by atoms with Crippen molar-refractivity contribution in [1.29, 1.82) is 0 Å². The Morgan fingerprint density at radius 2 is 0.782 bits per heavy atom. The standard InChI is InChI=1S/C63H112O15/c1-3-5-7-9-11-13-15-17-19-21-23-25-27-29-31-33-35-37-39-41-43-45-54(65)73-48-51(49-74-62-61(72)59(70)57(68)53(78-62)50-75-63-60(71)58(69)56(67)52(47-64)77-63)76-55(66)46-44-42-40-38-36-34-32-30-28-26-24-22-20-18-16-14-12-10-8-6-4-2/h20,22,26,28,32,34,38,40,51-53,56-64,67-72H,3-19,21,23-25,27,29-31,33,35-37,39,41-50H2,1-2H3/b22-20+,28-26+,34-32+,40-38+/t51-,52+,53+,56-,57-,58?,59?,60?,61?,62+,63+/m0/s1. The molecule has 2 saturated heterocycles. The van der Waals surface area contributed by atoms with Crippen LogP contribution in [0.25, 0.3) is 0 Å². The summed E-state index contributed by atoms with van der Waals surface area (Å²) < 4.78 is 33.7. The summed E-state index contributed by atoms with van der Waals surface area (Å²) in [5.41, 5.74) is 0. The summed E-state index contributed by atoms with van der Waals surface area (Å²) in [7, 11) is 0. The van der Waals surface area contributed by atoms with Crippen molar-refractivity contribution in [2.45, 2.75) is 313 Å². The molecule has 7 N–H and O–H groups in total. The van der Waals surface area contributed by atoms with Crippen molar-refractivity contribution in [3.63, 3.8) is 0 Å². The van der Waals surface area contributed by atoms with Crippen molar-refractivity contribution < 1.29 is 73.8 Å². The van der Waals surface area contributed by atoms with E-state index in [4.69, 9.17) is 28.4 Å². The van der Waals surface area contributed by atoms with E-state index in [0.29, 0.717) is 19.3 Å². The van der Waals surface area contributed by atoms with Crippen molar-refractivity contribution >= 4 is 11.9 Å². The van der Waals surface area contributed by atoms with Gasteiger partial charge in [-0.25, -0.2) is 0 Å². The largest absolute Gasteiger partial charge is 0.462 e. The maximum Gasteiger partial charge on any atom is 0.306 e. The van der Waals surface area contributed by atoms with Crippen molar-refractivity contribution in [2.24, 2.45) is 0 Å². The van der Waals surface area contributed by atoms with Gasteiger partial charge in [0.25, 0.3) is 0 Å². The predicted octanol–water partition coefficient (Wildman–Crippen LogP) is 11.4. The van der Waals surface area contributed by atoms with E-state index >= 15 is 0 Å². The van der Waals surface area contributed by atoms with Crippen LogP contribution in [0.5, 0.6) is 0 Å². The molecule has 0 spiro atoms. The van der Waals surface area contributed by atoms with E-state index in [9.17, 15) is 45.3 Å². The Morgan fingerprint density at radius 3 is 1.24 bits per heavy atom. The minimum absolute atomic E-state index is 0.0905. The maximum atomic E-state index is 13.1. The highest BCUT2D eigenvalue weighted by atomic mass is 16.7. The molecule has 11 atom stereocenters. The molecule has 454 valence electrons. The lowest BCUT2D eigenvalue weighted by Gasteiger charge is -2.42. The van der Waals surface area contributed by atoms with Crippen molar-refractivity contribution in [3.05, 3.63) is 48.6 Å². The molecule has 2 aliphatic heterocycles. The van der Waals surface area contributed by atoms with Gasteiger partial charge >= 0.3 is 11.9 Å². The van der Waals surface area contributed by atoms with Gasteiger partial charge in [0, 0.05) is 12.8 Å². The van der Waals surface area contributed by atoms with Gasteiger partial charge < -0.3 is 64.2 Å². The number of esters is 2. The molecule has 2 fully saturated rings. The highest BCUT2D eigenvalue weighted by molar-refractivity contribution is 5.70. The lowest BCUT2D eigenvalue weighted by atomic mass is 9.98. The van der Waals surface area contributed by atoms with Crippen LogP contribution in [0.15, 0.2) is 48.6 Å². The summed E-state index contributed by atoms with van der Waals surface area (Å²) in [5, 5.41) is 72.4. The average Bonchev–Trinajstić information content (AvgIpc) is 3.44. The highest BCUT2D eigenvalue weighted by Crippen LogP contribution is 2.27. The number of hydrogen-bond donors (Lipinski definition) is 7. The number of unbranched alkanes of at least 4 members (excludes halogenated alkanes) is 28. The van der Waals surface area contributed by atoms with E-state index in [2.05, 4.69) is 56.4 Å². The van der Waals surface area contributed by atoms with Gasteiger partial charge in [0.1, 0.15) is 55.4 Å². The number of carbonyl (C=O) groups is 2. The van der Waals surface area contributed by atoms with Gasteiger partial charge in [-0.3, -0.25) is 9.59 Å². The first kappa shape index (κ1) is 71.6. The molecule has 0 bridgehead atoms. The number of rotatable bonds is 50. The van der Waals surface area contributed by atoms with Crippen molar-refractivity contribution in [1.82, 2.24) is 0 Å². The third-order valence-electron chi connectivity index (χ3n) is 14.8. The summed E-state index contributed by atoms with van der Waals surface area (Å²) >= 11 is 0. The molecule has 15 heteroatoms. The molecule has 0 radical (unpaired) electrons. The molecule has 0 amide bonds. The molecule has 0 aromatic heterocycles. The maximum absolute atomic E-state index is 13.1. The van der Waals surface area contributed by atoms with E-state index in [1.165, 1.54) is 154 Å². The number of allylic oxidation sites excluding steroid dienone is 8. The van der Waals surface area contributed by atoms with Crippen LogP contribution >= 0.6 is 0 Å². The Balaban J connectivity index is 1.75. The Kier molecular flexibility index (Phi) is 45.1. The van der Waals surface area contributed by atoms with Gasteiger partial charge in [-0.2, -0.15) is 0 Å². The fourth-order valence-electron chi connectivity index (χ4n) is 9.74. The SMILES string of the molecule is CCCCCCCCC/C=C/C/C=C/C/C=C/C/C=C/CCCC(=O)O[C@@H](COC(=O)CCCCCCCCCCCCCCCCCCCCCCC)CO[C@@H]1O[C@H](CO[C@@H]2O[C@H](CO)[C@H](O)C(O)C2O)[C@H](O)C(O)C1O. The van der Waals surface area contributed by atoms with Gasteiger partial charge in [-0.1, -0.05) is 229 Å². The lowest BCUT2D eigenvalue weighted by Crippen LogP contribution is -2.61. The molecular formula is C63H112O15. The number of aliphatic hydroxyl groups is 7. The number of carbonyl (C=O) groups excluding carboxylic acids is 2. The van der Waals surface area contributed by atoms with Crippen LogP contribution in [-0.4, -0.2) is 142 Å². The van der Waals surface area contributed by atoms with Crippen LogP contribution < -0.4 is 0 Å². The second-order valence-electron chi connectivity index (χ2n) is 21.9. The molecular weight excluding hydrogens is 997 g/mol. The topological polar surface area (TPSA) is 231 Å². The molecule has 0 aliphatic carbocycles. The monoisotopic (exact) mass is 1110 g/mol. The van der Waals surface area contributed by atoms with Crippen LogP contribution in [0.3, 0.4) is 0 Å². The molecule has 2 heterocycles. The third-order valence-corrected chi connectivity index (χ3v) is 14.8. The summed E-state index contributed by atoms with van der Waals surface area (Å²) in [6, 6.07) is 0. The van der Waals surface area contributed by atoms with Crippen LogP contribution in [0.1, 0.15) is 245 Å². The van der Waals surface area contributed by atoms with E-state index in [0.717, 1.165) is 44.9 Å². The molecule has 0 aromatic rings. The molecule has 0 saturated carbocycles. The second-order valence-corrected chi connectivity index (χ2v) is 21.9. The van der Waals surface area contributed by atoms with Crippen LogP contribution in [0.2, 0.25) is 0 Å². The zero-order chi connectivity index (χ0) is 56.7. The van der Waals surface area contributed by atoms with Gasteiger partial charge in [0.15, 0.2) is 18.7 Å². The van der Waals surface area contributed by atoms with E-state index in [1.807, 2.05) is 6.08 Å². The first-order valence-corrected chi connectivity index (χ1v) is 31.2. The summed E-state index contributed by atoms with van der Waals surface area (Å²) in [4.78, 5) is 25.9. The molecule has 15 nitrogen and oxygen atoms in total. The second kappa shape index (κ2) is 49.1. The van der Waals surface area contributed by atoms with E-state index in [1.54, 1.807) is 0 Å². The van der Waals surface area contributed by atoms with Gasteiger partial charge in [-0.15, -0.1) is 0 Å². The Hall–Kier alpha value is -2.54. The molecule has 4 unspecified atom stereocenters. The zero-order valence-corrected chi connectivity index (χ0v) is 48.7. The quantitative estimate of drug-likeness (QED) is 0.0171. The lowest BCUT2D eigenvalue weighted by molar-refractivity contribution is -0.332. The Labute approximate surface area is 471 Å². The highest BCUT2D eigenvalue weighted by Gasteiger charge is 2.47. The zero-order valence-electron chi connectivity index (χ0n) is 48.7. The minimum atomic E-state index is -1.78. The smallest absolute Gasteiger partial charge is 0.306 e. The summed E-state index contributed by atoms with van der Waals surface area (Å²) in [6.45, 7) is 2.58. The molecule has 78 heavy (non-hydrogen) atoms. The van der Waals surface area contributed by atoms with E-state index < -0.39 is 99.3 Å². The summed E-state index contributed by atoms with van der Waals surface area (Å²) in [5.74, 6) is -0.980. The summed E-state index contributed by atoms with van der Waals surface area (Å²) in [6.07, 6.45) is 41.4. The van der Waals surface area contributed by atoms with Crippen LogP contribution in [0, 0.1) is 0 Å². The first-order valence-electron chi connectivity index (χ1n) is 31.2. The molecule has 0 aromatic carbocycles. The fraction of sp³-hybridized carbons (Fsp3) is 0.841. The van der Waals surface area contributed by atoms with Gasteiger partial charge in [0.2, 0.25) is 0 Å². The van der Waals surface area contributed by atoms with Crippen molar-refractivity contribution in [2.75, 3.05) is 26.4 Å². The van der Waals surface area contributed by atoms with Crippen LogP contribution in [0.4, 0.5) is 0 Å². The molecule has 2 rings (SSSR count). The Morgan fingerprint density at radius 1 is 0.410 bits per heavy atom. The number of hydrogen-bond acceptors (Lipinski definition) is 15. The predicted molar refractivity (Wildman–Crippen MR) is 307 cm³/mol. The van der Waals surface area contributed by atoms with Gasteiger partial charge in [0.05, 0.1) is 19.8 Å². The van der Waals surface area contributed by atoms with E-state index in [-0.39, 0.29) is 19.4 Å². The third kappa shape index (κ3) is 35.3. The fourth-order valence-corrected chi connectivity index (χ4v) is 9.74. The van der Waals surface area contributed by atoms with Gasteiger partial charge in [-0.05, 0) is 51.4 Å². The number of aliphatic hydroxyl groups excluding tert-OH is 7. The number of ether oxygens (including phenoxy) is 6. The normalized spacial score (nSPS) is 24.3. The minimum Gasteiger partial charge on any atom is -0.462 e. The molecule has 2 aliphatic rings. The average molecular weight is 1110 g/mol. The van der Waals surface area contributed by atoms with Crippen LogP contribution in [-0.2, 0) is 38.0 Å².